The van der Waals surface area contributed by atoms with E-state index >= 15 is 0 Å². The minimum atomic E-state index is -0.169. The Morgan fingerprint density at radius 3 is 3.08 bits per heavy atom. The van der Waals surface area contributed by atoms with Crippen molar-refractivity contribution in [3.05, 3.63) is 47.8 Å². The summed E-state index contributed by atoms with van der Waals surface area (Å²) < 4.78 is 15.5. The fourth-order valence-corrected chi connectivity index (χ4v) is 3.53. The van der Waals surface area contributed by atoms with E-state index in [1.807, 2.05) is 10.7 Å². The number of rotatable bonds is 4. The van der Waals surface area contributed by atoms with Crippen LogP contribution in [0, 0.1) is 5.82 Å². The first-order valence-electron chi connectivity index (χ1n) is 8.78. The van der Waals surface area contributed by atoms with Crippen LogP contribution in [0.15, 0.2) is 35.6 Å². The molecule has 0 bridgehead atoms. The van der Waals surface area contributed by atoms with Crippen molar-refractivity contribution in [2.24, 2.45) is 4.99 Å². The summed E-state index contributed by atoms with van der Waals surface area (Å²) in [5, 5.41) is 11.2. The molecular weight excluding hydrogens is 319 g/mol. The molecule has 1 aliphatic carbocycles. The molecule has 0 spiro atoms. The fourth-order valence-electron chi connectivity index (χ4n) is 3.53. The van der Waals surface area contributed by atoms with Crippen LogP contribution in [-0.2, 0) is 18.4 Å². The van der Waals surface area contributed by atoms with Crippen molar-refractivity contribution < 1.29 is 4.39 Å². The molecule has 1 saturated carbocycles. The maximum Gasteiger partial charge on any atom is 0.191 e. The predicted molar refractivity (Wildman–Crippen MR) is 93.9 cm³/mol. The molecule has 1 aromatic carbocycles. The molecular formula is C18H23FN6. The zero-order valence-electron chi connectivity index (χ0n) is 14.4. The summed E-state index contributed by atoms with van der Waals surface area (Å²) in [5.74, 6) is 1.66. The summed E-state index contributed by atoms with van der Waals surface area (Å²) in [7, 11) is 1.78. The van der Waals surface area contributed by atoms with Crippen LogP contribution in [0.1, 0.15) is 30.7 Å². The lowest BCUT2D eigenvalue weighted by Crippen LogP contribution is -2.48. The summed E-state index contributed by atoms with van der Waals surface area (Å²) in [6.07, 6.45) is 5.69. The van der Waals surface area contributed by atoms with E-state index in [0.29, 0.717) is 0 Å². The van der Waals surface area contributed by atoms with Crippen LogP contribution >= 0.6 is 0 Å². The smallest absolute Gasteiger partial charge is 0.191 e. The molecule has 2 heterocycles. The van der Waals surface area contributed by atoms with E-state index in [4.69, 9.17) is 0 Å². The van der Waals surface area contributed by atoms with Crippen molar-refractivity contribution in [3.8, 4) is 0 Å². The van der Waals surface area contributed by atoms with Crippen molar-refractivity contribution in [1.29, 1.82) is 0 Å². The summed E-state index contributed by atoms with van der Waals surface area (Å²) >= 11 is 0. The SMILES string of the molecule is CN=C(NCC1(c2cccc(F)c2)CC1)NC1CCc2ncnn2C1. The van der Waals surface area contributed by atoms with Gasteiger partial charge in [0.25, 0.3) is 0 Å². The van der Waals surface area contributed by atoms with E-state index in [1.165, 1.54) is 6.07 Å². The average molecular weight is 342 g/mol. The number of aromatic nitrogens is 3. The molecule has 1 aliphatic heterocycles. The van der Waals surface area contributed by atoms with Crippen molar-refractivity contribution in [3.63, 3.8) is 0 Å². The van der Waals surface area contributed by atoms with E-state index < -0.39 is 0 Å². The van der Waals surface area contributed by atoms with Gasteiger partial charge in [-0.3, -0.25) is 4.99 Å². The van der Waals surface area contributed by atoms with Gasteiger partial charge in [0.1, 0.15) is 18.0 Å². The van der Waals surface area contributed by atoms with Crippen LogP contribution in [0.5, 0.6) is 0 Å². The molecule has 1 unspecified atom stereocenters. The molecule has 4 rings (SSSR count). The highest BCUT2D eigenvalue weighted by Gasteiger charge is 2.44. The Bertz CT molecular complexity index is 779. The van der Waals surface area contributed by atoms with Gasteiger partial charge in [0, 0.05) is 31.5 Å². The number of benzene rings is 1. The van der Waals surface area contributed by atoms with Crippen LogP contribution in [-0.4, -0.2) is 40.4 Å². The standard InChI is InChI=1S/C18H23FN6/c1-20-17(24-15-5-6-16-22-12-23-25(16)10-15)21-11-18(7-8-18)13-3-2-4-14(19)9-13/h2-4,9,12,15H,5-8,10-11H2,1H3,(H2,20,21,24). The Kier molecular flexibility index (Phi) is 4.15. The lowest BCUT2D eigenvalue weighted by atomic mass is 9.96. The van der Waals surface area contributed by atoms with E-state index in [2.05, 4.69) is 25.7 Å². The van der Waals surface area contributed by atoms with Gasteiger partial charge < -0.3 is 10.6 Å². The predicted octanol–water partition coefficient (Wildman–Crippen LogP) is 1.63. The van der Waals surface area contributed by atoms with Gasteiger partial charge in [-0.2, -0.15) is 5.10 Å². The van der Waals surface area contributed by atoms with Gasteiger partial charge in [0.2, 0.25) is 0 Å². The van der Waals surface area contributed by atoms with E-state index in [-0.39, 0.29) is 17.3 Å². The highest BCUT2D eigenvalue weighted by Crippen LogP contribution is 2.47. The third-order valence-electron chi connectivity index (χ3n) is 5.25. The minimum Gasteiger partial charge on any atom is -0.356 e. The molecule has 0 saturated heterocycles. The van der Waals surface area contributed by atoms with Crippen LogP contribution in [0.25, 0.3) is 0 Å². The Morgan fingerprint density at radius 1 is 1.44 bits per heavy atom. The number of hydrogen-bond donors (Lipinski definition) is 2. The van der Waals surface area contributed by atoms with Crippen LogP contribution < -0.4 is 10.6 Å². The van der Waals surface area contributed by atoms with Gasteiger partial charge in [-0.05, 0) is 37.0 Å². The topological polar surface area (TPSA) is 67.1 Å². The van der Waals surface area contributed by atoms with Gasteiger partial charge >= 0.3 is 0 Å². The van der Waals surface area contributed by atoms with Crippen molar-refractivity contribution >= 4 is 5.96 Å². The number of guanidine groups is 1. The Morgan fingerprint density at radius 2 is 2.32 bits per heavy atom. The van der Waals surface area contributed by atoms with Gasteiger partial charge in [0.05, 0.1) is 6.54 Å². The normalized spacial score (nSPS) is 21.5. The van der Waals surface area contributed by atoms with E-state index in [1.54, 1.807) is 25.5 Å². The zero-order valence-corrected chi connectivity index (χ0v) is 14.4. The second kappa shape index (κ2) is 6.46. The first kappa shape index (κ1) is 16.1. The third-order valence-corrected chi connectivity index (χ3v) is 5.25. The fraction of sp³-hybridized carbons (Fsp3) is 0.500. The van der Waals surface area contributed by atoms with Crippen LogP contribution in [0.3, 0.4) is 0 Å². The number of aliphatic imine (C=N–C) groups is 1. The Balaban J connectivity index is 1.36. The second-order valence-electron chi connectivity index (χ2n) is 6.95. The molecule has 7 heteroatoms. The molecule has 2 aliphatic rings. The highest BCUT2D eigenvalue weighted by atomic mass is 19.1. The zero-order chi connectivity index (χ0) is 17.3. The van der Waals surface area contributed by atoms with Crippen molar-refractivity contribution in [1.82, 2.24) is 25.4 Å². The maximum atomic E-state index is 13.5. The van der Waals surface area contributed by atoms with Gasteiger partial charge in [-0.1, -0.05) is 12.1 Å². The molecule has 25 heavy (non-hydrogen) atoms. The molecule has 2 N–H and O–H groups in total. The largest absolute Gasteiger partial charge is 0.356 e. The third kappa shape index (κ3) is 3.36. The summed E-state index contributed by atoms with van der Waals surface area (Å²) in [6.45, 7) is 1.56. The molecule has 1 aromatic heterocycles. The van der Waals surface area contributed by atoms with Crippen LogP contribution in [0.4, 0.5) is 4.39 Å². The second-order valence-corrected chi connectivity index (χ2v) is 6.95. The van der Waals surface area contributed by atoms with Crippen molar-refractivity contribution in [2.75, 3.05) is 13.6 Å². The van der Waals surface area contributed by atoms with Gasteiger partial charge in [0.15, 0.2) is 5.96 Å². The maximum absolute atomic E-state index is 13.5. The summed E-state index contributed by atoms with van der Waals surface area (Å²) in [4.78, 5) is 8.60. The van der Waals surface area contributed by atoms with E-state index in [9.17, 15) is 4.39 Å². The first-order valence-corrected chi connectivity index (χ1v) is 8.78. The number of nitrogens with zero attached hydrogens (tertiary/aromatic N) is 4. The number of fused-ring (bicyclic) bond motifs is 1. The number of nitrogens with one attached hydrogen (secondary N) is 2. The molecule has 6 nitrogen and oxygen atoms in total. The molecule has 132 valence electrons. The van der Waals surface area contributed by atoms with Crippen LogP contribution in [0.2, 0.25) is 0 Å². The first-order chi connectivity index (χ1) is 12.2. The summed E-state index contributed by atoms with van der Waals surface area (Å²) in [5.41, 5.74) is 1.10. The molecule has 0 amide bonds. The highest BCUT2D eigenvalue weighted by molar-refractivity contribution is 5.80. The minimum absolute atomic E-state index is 0.0331. The summed E-state index contributed by atoms with van der Waals surface area (Å²) in [6, 6.07) is 7.23. The Hall–Kier alpha value is -2.44. The quantitative estimate of drug-likeness (QED) is 0.655. The Labute approximate surface area is 146 Å². The monoisotopic (exact) mass is 342 g/mol. The van der Waals surface area contributed by atoms with Gasteiger partial charge in [-0.15, -0.1) is 0 Å². The van der Waals surface area contributed by atoms with E-state index in [0.717, 1.165) is 56.1 Å². The lowest BCUT2D eigenvalue weighted by Gasteiger charge is -2.26. The van der Waals surface area contributed by atoms with Gasteiger partial charge in [-0.25, -0.2) is 14.1 Å². The number of hydrogen-bond acceptors (Lipinski definition) is 3. The molecule has 1 fully saturated rings. The van der Waals surface area contributed by atoms with Crippen molar-refractivity contribution in [2.45, 2.75) is 43.7 Å². The lowest BCUT2D eigenvalue weighted by molar-refractivity contribution is 0.392. The molecule has 0 radical (unpaired) electrons. The number of halogens is 1. The number of aryl methyl sites for hydroxylation is 1. The molecule has 2 aromatic rings. The average Bonchev–Trinajstić information content (AvgIpc) is 3.28. The molecule has 1 atom stereocenters.